The summed E-state index contributed by atoms with van der Waals surface area (Å²) in [4.78, 5) is 30.4. The lowest BCUT2D eigenvalue weighted by Crippen LogP contribution is -2.70. The van der Waals surface area contributed by atoms with Gasteiger partial charge in [0.2, 0.25) is 0 Å². The Kier molecular flexibility index (Phi) is 9.73. The Hall–Kier alpha value is -2.13. The number of nitrogens with one attached hydrogen (secondary N) is 1. The van der Waals surface area contributed by atoms with Crippen molar-refractivity contribution >= 4 is 17.9 Å². The van der Waals surface area contributed by atoms with Gasteiger partial charge in [0.15, 0.2) is 5.96 Å². The fourth-order valence-electron chi connectivity index (χ4n) is 12.0. The average Bonchev–Trinajstić information content (AvgIpc) is 2.95. The number of hydrogen-bond acceptors (Lipinski definition) is 6. The topological polar surface area (TPSA) is 132 Å². The van der Waals surface area contributed by atoms with Gasteiger partial charge >= 0.3 is 11.9 Å². The normalized spacial score (nSPS) is 43.3. The van der Waals surface area contributed by atoms with Crippen LogP contribution >= 0.6 is 0 Å². The smallest absolute Gasteiger partial charge is 0.307 e. The van der Waals surface area contributed by atoms with Crippen molar-refractivity contribution in [3.8, 4) is 0 Å². The summed E-state index contributed by atoms with van der Waals surface area (Å²) in [6, 6.07) is 0. The van der Waals surface area contributed by atoms with E-state index in [9.17, 15) is 14.7 Å². The second-order valence-electron chi connectivity index (χ2n) is 18.6. The molecule has 0 radical (unpaired) electrons. The van der Waals surface area contributed by atoms with E-state index in [1.807, 2.05) is 20.8 Å². The van der Waals surface area contributed by atoms with Crippen molar-refractivity contribution in [2.24, 2.45) is 67.4 Å². The summed E-state index contributed by atoms with van der Waals surface area (Å²) in [5, 5.41) is 14.2. The number of esters is 1. The Bertz CT molecular complexity index is 1320. The van der Waals surface area contributed by atoms with Crippen LogP contribution in [-0.2, 0) is 23.8 Å². The SMILES string of the molecule is CC(=O)O[C@@H]1C[C@@]23COCC(C)(C2CC[C@H]2C3=CC[C@@]3(C)[C@H](C(=O)O)[C@@](C)([C@H](C)C(C)C)CC[C@]23C)[C@H]1OCCN=C(N)NC(C)(C)C. The van der Waals surface area contributed by atoms with Crippen LogP contribution in [0.4, 0.5) is 0 Å². The number of carbonyl (C=O) groups excluding carboxylic acids is 1. The molecule has 272 valence electrons. The highest BCUT2D eigenvalue weighted by atomic mass is 16.6. The summed E-state index contributed by atoms with van der Waals surface area (Å²) in [5.74, 6) is 0.248. The fraction of sp³-hybridized carbons (Fsp3) is 0.872. The molecule has 2 unspecified atom stereocenters. The Morgan fingerprint density at radius 2 is 1.79 bits per heavy atom. The zero-order valence-corrected chi connectivity index (χ0v) is 31.7. The number of guanidine groups is 1. The van der Waals surface area contributed by atoms with Crippen molar-refractivity contribution in [3.63, 3.8) is 0 Å². The predicted molar refractivity (Wildman–Crippen MR) is 188 cm³/mol. The number of aliphatic imine (C=N–C) groups is 1. The standard InChI is InChI=1S/C39H65N3O6/c1-23(2)24(3)35(8)16-17-37(10)26-12-13-29-36(9)21-46-22-39(29,27(26)14-15-38(37,11)30(35)32(44)45)20-28(48-25(4)43)31(36)47-19-18-41-33(40)42-34(5,6)7/h14,23-24,26,28-31H,12-13,15-22H2,1-11H3,(H,44,45)(H3,40,41,42)/t24-,26+,28-,29?,30-,31+,35-,36?,37-,38+,39+/m1/s1. The molecule has 9 nitrogen and oxygen atoms in total. The van der Waals surface area contributed by atoms with Gasteiger partial charge in [0.05, 0.1) is 32.3 Å². The quantitative estimate of drug-likeness (QED) is 0.0866. The molecule has 4 fully saturated rings. The van der Waals surface area contributed by atoms with Crippen molar-refractivity contribution in [3.05, 3.63) is 11.6 Å². The van der Waals surface area contributed by atoms with E-state index in [2.05, 4.69) is 64.9 Å². The Morgan fingerprint density at radius 3 is 2.40 bits per heavy atom. The van der Waals surface area contributed by atoms with Crippen LogP contribution in [0.15, 0.2) is 16.6 Å². The summed E-state index contributed by atoms with van der Waals surface area (Å²) in [5.41, 5.74) is 5.86. The monoisotopic (exact) mass is 671 g/mol. The molecule has 1 heterocycles. The van der Waals surface area contributed by atoms with Crippen molar-refractivity contribution in [1.29, 1.82) is 0 Å². The zero-order valence-electron chi connectivity index (χ0n) is 31.7. The van der Waals surface area contributed by atoms with Gasteiger partial charge in [-0.2, -0.15) is 0 Å². The number of hydrogen-bond donors (Lipinski definition) is 3. The van der Waals surface area contributed by atoms with Gasteiger partial charge in [0, 0.05) is 23.3 Å². The van der Waals surface area contributed by atoms with Gasteiger partial charge in [-0.15, -0.1) is 0 Å². The average molecular weight is 672 g/mol. The summed E-state index contributed by atoms with van der Waals surface area (Å²) in [6.45, 7) is 25.4. The molecule has 4 N–H and O–H groups in total. The molecule has 48 heavy (non-hydrogen) atoms. The van der Waals surface area contributed by atoms with E-state index < -0.39 is 18.0 Å². The highest BCUT2D eigenvalue weighted by Gasteiger charge is 2.72. The summed E-state index contributed by atoms with van der Waals surface area (Å²) >= 11 is 0. The predicted octanol–water partition coefficient (Wildman–Crippen LogP) is 6.59. The van der Waals surface area contributed by atoms with Crippen molar-refractivity contribution in [1.82, 2.24) is 5.32 Å². The number of carboxylic acids is 1. The maximum Gasteiger partial charge on any atom is 0.307 e. The molecular formula is C39H65N3O6. The van der Waals surface area contributed by atoms with Gasteiger partial charge in [-0.05, 0) is 99.2 Å². The van der Waals surface area contributed by atoms with E-state index in [-0.39, 0.29) is 50.6 Å². The number of carboxylic acid groups (broad SMARTS) is 1. The molecule has 9 heteroatoms. The van der Waals surface area contributed by atoms with Crippen molar-refractivity contribution < 1.29 is 28.9 Å². The minimum atomic E-state index is -0.649. The van der Waals surface area contributed by atoms with Gasteiger partial charge in [-0.25, -0.2) is 0 Å². The van der Waals surface area contributed by atoms with Gasteiger partial charge in [-0.3, -0.25) is 14.6 Å². The second-order valence-corrected chi connectivity index (χ2v) is 18.6. The Balaban J connectivity index is 1.49. The van der Waals surface area contributed by atoms with E-state index in [0.717, 1.165) is 32.1 Å². The Morgan fingerprint density at radius 1 is 1.10 bits per heavy atom. The third kappa shape index (κ3) is 5.80. The lowest BCUT2D eigenvalue weighted by atomic mass is 9.34. The number of carbonyl (C=O) groups is 2. The lowest BCUT2D eigenvalue weighted by Gasteiger charge is -2.71. The van der Waals surface area contributed by atoms with E-state index >= 15 is 0 Å². The number of nitrogens with zero attached hydrogens (tertiary/aromatic N) is 1. The third-order valence-electron chi connectivity index (χ3n) is 14.6. The number of fused-ring (bicyclic) bond motifs is 3. The highest BCUT2D eigenvalue weighted by Crippen LogP contribution is 2.75. The minimum Gasteiger partial charge on any atom is -0.481 e. The molecule has 5 aliphatic rings. The lowest BCUT2D eigenvalue weighted by molar-refractivity contribution is -0.266. The molecule has 0 aromatic heterocycles. The van der Waals surface area contributed by atoms with Gasteiger partial charge in [0.25, 0.3) is 0 Å². The van der Waals surface area contributed by atoms with Gasteiger partial charge in [0.1, 0.15) is 12.2 Å². The Labute approximate surface area is 289 Å². The second kappa shape index (κ2) is 12.6. The molecule has 0 aromatic rings. The first-order chi connectivity index (χ1) is 22.2. The number of nitrogens with two attached hydrogens (primary N) is 1. The van der Waals surface area contributed by atoms with Crippen LogP contribution in [0.1, 0.15) is 115 Å². The van der Waals surface area contributed by atoms with Crippen LogP contribution in [-0.4, -0.2) is 67.1 Å². The third-order valence-corrected chi connectivity index (χ3v) is 14.6. The first-order valence-corrected chi connectivity index (χ1v) is 18.5. The van der Waals surface area contributed by atoms with E-state index in [4.69, 9.17) is 19.9 Å². The first kappa shape index (κ1) is 37.1. The summed E-state index contributed by atoms with van der Waals surface area (Å²) < 4.78 is 19.4. The number of ether oxygens (including phenoxy) is 3. The van der Waals surface area contributed by atoms with E-state index in [1.165, 1.54) is 12.5 Å². The van der Waals surface area contributed by atoms with Crippen LogP contribution in [0, 0.1) is 56.7 Å². The van der Waals surface area contributed by atoms with Crippen LogP contribution in [0.3, 0.4) is 0 Å². The van der Waals surface area contributed by atoms with Gasteiger partial charge < -0.3 is 30.4 Å². The van der Waals surface area contributed by atoms with Crippen molar-refractivity contribution in [2.45, 2.75) is 132 Å². The van der Waals surface area contributed by atoms with Crippen LogP contribution in [0.25, 0.3) is 0 Å². The molecule has 4 aliphatic carbocycles. The molecule has 0 aromatic carbocycles. The highest BCUT2D eigenvalue weighted by molar-refractivity contribution is 5.78. The van der Waals surface area contributed by atoms with E-state index in [0.29, 0.717) is 56.5 Å². The number of rotatable bonds is 8. The minimum absolute atomic E-state index is 0.173. The van der Waals surface area contributed by atoms with Crippen LogP contribution in [0.2, 0.25) is 0 Å². The molecule has 1 aliphatic heterocycles. The fourth-order valence-corrected chi connectivity index (χ4v) is 12.0. The molecule has 1 saturated heterocycles. The molecular weight excluding hydrogens is 606 g/mol. The van der Waals surface area contributed by atoms with Crippen molar-refractivity contribution in [2.75, 3.05) is 26.4 Å². The molecule has 3 saturated carbocycles. The number of allylic oxidation sites excluding steroid dienone is 1. The zero-order chi connectivity index (χ0) is 35.7. The first-order valence-electron chi connectivity index (χ1n) is 18.5. The maximum atomic E-state index is 13.4. The summed E-state index contributed by atoms with van der Waals surface area (Å²) in [7, 11) is 0. The van der Waals surface area contributed by atoms with E-state index in [1.54, 1.807) is 0 Å². The molecule has 0 spiro atoms. The van der Waals surface area contributed by atoms with Crippen LogP contribution < -0.4 is 11.1 Å². The molecule has 0 amide bonds. The molecule has 5 rings (SSSR count). The van der Waals surface area contributed by atoms with Crippen LogP contribution in [0.5, 0.6) is 0 Å². The molecule has 2 bridgehead atoms. The maximum absolute atomic E-state index is 13.4. The number of aliphatic carboxylic acids is 1. The van der Waals surface area contributed by atoms with Gasteiger partial charge in [-0.1, -0.05) is 60.1 Å². The summed E-state index contributed by atoms with van der Waals surface area (Å²) in [6.07, 6.45) is 7.01. The molecule has 11 atom stereocenters. The largest absolute Gasteiger partial charge is 0.481 e.